The Hall–Kier alpha value is -0.610. The first kappa shape index (κ1) is 15.4. The number of hydrogen-bond acceptors (Lipinski definition) is 3. The van der Waals surface area contributed by atoms with Gasteiger partial charge in [-0.15, -0.1) is 0 Å². The molecule has 4 nitrogen and oxygen atoms in total. The van der Waals surface area contributed by atoms with Crippen molar-refractivity contribution in [2.75, 3.05) is 19.8 Å². The first-order chi connectivity index (χ1) is 7.70. The van der Waals surface area contributed by atoms with Gasteiger partial charge in [-0.05, 0) is 33.6 Å². The second-order valence-electron chi connectivity index (χ2n) is 3.64. The summed E-state index contributed by atoms with van der Waals surface area (Å²) >= 11 is 0. The summed E-state index contributed by atoms with van der Waals surface area (Å²) in [6.45, 7) is 8.14. The van der Waals surface area contributed by atoms with Gasteiger partial charge < -0.3 is 14.8 Å². The van der Waals surface area contributed by atoms with Gasteiger partial charge >= 0.3 is 0 Å². The highest BCUT2D eigenvalue weighted by atomic mass is 16.7. The maximum absolute atomic E-state index is 10.6. The van der Waals surface area contributed by atoms with E-state index in [-0.39, 0.29) is 12.2 Å². The zero-order chi connectivity index (χ0) is 12.2. The first-order valence-electron chi connectivity index (χ1n) is 6.20. The summed E-state index contributed by atoms with van der Waals surface area (Å²) in [6, 6.07) is 0. The average Bonchev–Trinajstić information content (AvgIpc) is 2.47. The number of ether oxygens (including phenoxy) is 2. The van der Waals surface area contributed by atoms with Crippen LogP contribution in [0.2, 0.25) is 0 Å². The van der Waals surface area contributed by atoms with E-state index in [9.17, 15) is 4.79 Å². The Bertz CT molecular complexity index is 158. The van der Waals surface area contributed by atoms with Gasteiger partial charge in [-0.3, -0.25) is 4.79 Å². The van der Waals surface area contributed by atoms with Crippen LogP contribution in [0.15, 0.2) is 0 Å². The molecule has 0 unspecified atom stereocenters. The zero-order valence-electron chi connectivity index (χ0n) is 10.8. The van der Waals surface area contributed by atoms with E-state index >= 15 is 0 Å². The molecule has 0 aromatic rings. The predicted octanol–water partition coefficient (Wildman–Crippen LogP) is 2.08. The van der Waals surface area contributed by atoms with Gasteiger partial charge in [-0.2, -0.15) is 0 Å². The van der Waals surface area contributed by atoms with E-state index in [1.807, 2.05) is 20.8 Å². The lowest BCUT2D eigenvalue weighted by atomic mass is 10.2. The van der Waals surface area contributed by atoms with Crippen molar-refractivity contribution in [3.63, 3.8) is 0 Å². The van der Waals surface area contributed by atoms with Gasteiger partial charge in [0.2, 0.25) is 5.91 Å². The average molecular weight is 231 g/mol. The van der Waals surface area contributed by atoms with Crippen molar-refractivity contribution < 1.29 is 14.3 Å². The second-order valence-corrected chi connectivity index (χ2v) is 3.64. The van der Waals surface area contributed by atoms with Gasteiger partial charge in [-0.1, -0.05) is 6.42 Å². The Morgan fingerprint density at radius 2 is 1.81 bits per heavy atom. The van der Waals surface area contributed by atoms with Crippen LogP contribution < -0.4 is 5.32 Å². The predicted molar refractivity (Wildman–Crippen MR) is 64.2 cm³/mol. The Kier molecular flexibility index (Phi) is 10.5. The largest absolute Gasteiger partial charge is 0.356 e. The van der Waals surface area contributed by atoms with Crippen LogP contribution in [-0.4, -0.2) is 32.0 Å². The van der Waals surface area contributed by atoms with Crippen molar-refractivity contribution in [3.05, 3.63) is 0 Å². The first-order valence-corrected chi connectivity index (χ1v) is 6.20. The highest BCUT2D eigenvalue weighted by Crippen LogP contribution is 2.02. The van der Waals surface area contributed by atoms with Crippen molar-refractivity contribution in [3.8, 4) is 0 Å². The molecule has 1 aliphatic rings. The number of hydrogen-bond donors (Lipinski definition) is 1. The molecule has 0 bridgehead atoms. The fraction of sp³-hybridized carbons (Fsp3) is 0.917. The fourth-order valence-electron chi connectivity index (χ4n) is 1.42. The number of rotatable bonds is 4. The molecule has 0 atom stereocenters. The normalized spacial score (nSPS) is 16.1. The maximum atomic E-state index is 10.6. The third kappa shape index (κ3) is 9.93. The molecule has 96 valence electrons. The molecule has 16 heavy (non-hydrogen) atoms. The minimum Gasteiger partial charge on any atom is -0.356 e. The second kappa shape index (κ2) is 10.9. The van der Waals surface area contributed by atoms with Gasteiger partial charge in [0.1, 0.15) is 0 Å². The molecule has 0 aromatic heterocycles. The van der Waals surface area contributed by atoms with Crippen LogP contribution in [0.3, 0.4) is 0 Å². The molecule has 1 aliphatic heterocycles. The lowest BCUT2D eigenvalue weighted by molar-refractivity contribution is -0.123. The van der Waals surface area contributed by atoms with Crippen LogP contribution in [0.1, 0.15) is 46.5 Å². The quantitative estimate of drug-likeness (QED) is 0.754. The molecule has 1 amide bonds. The monoisotopic (exact) mass is 231 g/mol. The standard InChI is InChI=1S/C6H11NO.C6H14O2/c8-6-4-2-1-3-5-7-6;1-4-7-6(3)8-5-2/h1-5H2,(H,7,8);6H,4-5H2,1-3H3. The Morgan fingerprint density at radius 3 is 2.38 bits per heavy atom. The Morgan fingerprint density at radius 1 is 1.19 bits per heavy atom. The van der Waals surface area contributed by atoms with Crippen molar-refractivity contribution >= 4 is 5.91 Å². The molecule has 1 fully saturated rings. The third-order valence-electron chi connectivity index (χ3n) is 2.21. The molecule has 0 saturated carbocycles. The summed E-state index contributed by atoms with van der Waals surface area (Å²) in [5.74, 6) is 0.225. The molecule has 1 rings (SSSR count). The van der Waals surface area contributed by atoms with Crippen molar-refractivity contribution in [1.29, 1.82) is 0 Å². The molecule has 1 saturated heterocycles. The van der Waals surface area contributed by atoms with Crippen LogP contribution in [-0.2, 0) is 14.3 Å². The van der Waals surface area contributed by atoms with Gasteiger partial charge in [0.15, 0.2) is 6.29 Å². The Labute approximate surface area is 98.7 Å². The van der Waals surface area contributed by atoms with Crippen LogP contribution in [0.5, 0.6) is 0 Å². The smallest absolute Gasteiger partial charge is 0.219 e. The number of amides is 1. The van der Waals surface area contributed by atoms with E-state index in [2.05, 4.69) is 5.32 Å². The molecule has 0 aliphatic carbocycles. The summed E-state index contributed by atoms with van der Waals surface area (Å²) in [5.41, 5.74) is 0. The van der Waals surface area contributed by atoms with E-state index in [0.717, 1.165) is 39.0 Å². The van der Waals surface area contributed by atoms with E-state index in [1.165, 1.54) is 6.42 Å². The summed E-state index contributed by atoms with van der Waals surface area (Å²) < 4.78 is 10.1. The van der Waals surface area contributed by atoms with Gasteiger partial charge in [0.25, 0.3) is 0 Å². The summed E-state index contributed by atoms with van der Waals surface area (Å²) in [4.78, 5) is 10.6. The lowest BCUT2D eigenvalue weighted by Gasteiger charge is -2.09. The van der Waals surface area contributed by atoms with Crippen molar-refractivity contribution in [2.45, 2.75) is 52.7 Å². The number of carbonyl (C=O) groups excluding carboxylic acids is 1. The van der Waals surface area contributed by atoms with E-state index in [1.54, 1.807) is 0 Å². The molecule has 0 spiro atoms. The van der Waals surface area contributed by atoms with Crippen molar-refractivity contribution in [2.24, 2.45) is 0 Å². The summed E-state index contributed by atoms with van der Waals surface area (Å²) in [5, 5.41) is 2.81. The minimum atomic E-state index is -0.0370. The zero-order valence-corrected chi connectivity index (χ0v) is 10.8. The fourth-order valence-corrected chi connectivity index (χ4v) is 1.42. The minimum absolute atomic E-state index is 0.0370. The topological polar surface area (TPSA) is 47.6 Å². The van der Waals surface area contributed by atoms with Gasteiger partial charge in [0.05, 0.1) is 0 Å². The molecule has 1 N–H and O–H groups in total. The van der Waals surface area contributed by atoms with Crippen LogP contribution in [0.25, 0.3) is 0 Å². The molecule has 0 aromatic carbocycles. The van der Waals surface area contributed by atoms with Gasteiger partial charge in [-0.25, -0.2) is 0 Å². The SMILES string of the molecule is CCOC(C)OCC.O=C1CCCCCN1. The van der Waals surface area contributed by atoms with Crippen LogP contribution >= 0.6 is 0 Å². The summed E-state index contributed by atoms with van der Waals surface area (Å²) in [7, 11) is 0. The summed E-state index contributed by atoms with van der Waals surface area (Å²) in [6.07, 6.45) is 4.14. The van der Waals surface area contributed by atoms with E-state index in [0.29, 0.717) is 0 Å². The number of nitrogens with one attached hydrogen (secondary N) is 1. The molecule has 1 heterocycles. The molecule has 0 radical (unpaired) electrons. The van der Waals surface area contributed by atoms with Gasteiger partial charge in [0, 0.05) is 26.2 Å². The molecule has 4 heteroatoms. The van der Waals surface area contributed by atoms with Crippen LogP contribution in [0.4, 0.5) is 0 Å². The van der Waals surface area contributed by atoms with Crippen LogP contribution in [0, 0.1) is 0 Å². The van der Waals surface area contributed by atoms with Crippen molar-refractivity contribution in [1.82, 2.24) is 5.32 Å². The van der Waals surface area contributed by atoms with E-state index in [4.69, 9.17) is 9.47 Å². The highest BCUT2D eigenvalue weighted by molar-refractivity contribution is 5.75. The lowest BCUT2D eigenvalue weighted by Crippen LogP contribution is -2.21. The number of carbonyl (C=O) groups is 1. The van der Waals surface area contributed by atoms with E-state index < -0.39 is 0 Å². The third-order valence-corrected chi connectivity index (χ3v) is 2.21. The molecular weight excluding hydrogens is 206 g/mol. The highest BCUT2D eigenvalue weighted by Gasteiger charge is 2.03. The maximum Gasteiger partial charge on any atom is 0.219 e. The molecular formula is C12H25NO3. The Balaban J connectivity index is 0.000000281.